The van der Waals surface area contributed by atoms with Crippen LogP contribution in [0.1, 0.15) is 18.5 Å². The van der Waals surface area contributed by atoms with Crippen LogP contribution in [0, 0.1) is 5.82 Å². The number of pyridine rings is 2. The summed E-state index contributed by atoms with van der Waals surface area (Å²) in [5.74, 6) is 1.18. The van der Waals surface area contributed by atoms with Crippen molar-refractivity contribution >= 4 is 10.9 Å². The number of ether oxygens (including phenoxy) is 2. The summed E-state index contributed by atoms with van der Waals surface area (Å²) in [5.41, 5.74) is 1.51. The van der Waals surface area contributed by atoms with Gasteiger partial charge in [-0.3, -0.25) is 9.78 Å². The molecule has 4 heterocycles. The number of fused-ring (bicyclic) bond motifs is 2. The second-order valence-corrected chi connectivity index (χ2v) is 8.31. The maximum absolute atomic E-state index is 14.1. The third-order valence-electron chi connectivity index (χ3n) is 6.27. The first-order valence-electron chi connectivity index (χ1n) is 11.2. The van der Waals surface area contributed by atoms with Gasteiger partial charge in [0.15, 0.2) is 11.5 Å². The van der Waals surface area contributed by atoms with Crippen LogP contribution in [0.3, 0.4) is 0 Å². The predicted molar refractivity (Wildman–Crippen MR) is 120 cm³/mol. The molecule has 3 aromatic rings. The number of nitrogens with zero attached hydrogens (tertiary/aromatic N) is 3. The van der Waals surface area contributed by atoms with Crippen molar-refractivity contribution in [3.63, 3.8) is 0 Å². The molecule has 0 aliphatic carbocycles. The fraction of sp³-hybridized carbons (Fsp3) is 0.417. The van der Waals surface area contributed by atoms with Crippen molar-refractivity contribution in [3.05, 3.63) is 64.5 Å². The molecule has 1 fully saturated rings. The molecule has 0 saturated carbocycles. The number of likely N-dealkylation sites (tertiary alicyclic amines) is 1. The Morgan fingerprint density at radius 3 is 2.72 bits per heavy atom. The van der Waals surface area contributed by atoms with Gasteiger partial charge in [-0.1, -0.05) is 6.07 Å². The van der Waals surface area contributed by atoms with Crippen molar-refractivity contribution in [2.24, 2.45) is 0 Å². The normalized spacial score (nSPS) is 17.0. The summed E-state index contributed by atoms with van der Waals surface area (Å²) in [4.78, 5) is 19.2. The van der Waals surface area contributed by atoms with Gasteiger partial charge >= 0.3 is 0 Å². The minimum absolute atomic E-state index is 0.0911. The highest BCUT2D eigenvalue weighted by atomic mass is 19.1. The van der Waals surface area contributed by atoms with Crippen LogP contribution in [-0.4, -0.2) is 53.3 Å². The molecule has 32 heavy (non-hydrogen) atoms. The van der Waals surface area contributed by atoms with Crippen LogP contribution < -0.4 is 20.3 Å². The van der Waals surface area contributed by atoms with Crippen molar-refractivity contribution in [1.29, 1.82) is 0 Å². The Kier molecular flexibility index (Phi) is 6.05. The number of aromatic nitrogens is 2. The second kappa shape index (κ2) is 9.26. The Labute approximate surface area is 185 Å². The molecule has 0 radical (unpaired) electrons. The van der Waals surface area contributed by atoms with Crippen molar-refractivity contribution < 1.29 is 13.9 Å². The third-order valence-corrected chi connectivity index (χ3v) is 6.27. The zero-order valence-corrected chi connectivity index (χ0v) is 17.9. The molecule has 0 amide bonds. The Balaban J connectivity index is 1.13. The summed E-state index contributed by atoms with van der Waals surface area (Å²) in [6.45, 7) is 5.07. The van der Waals surface area contributed by atoms with Gasteiger partial charge in [-0.15, -0.1) is 0 Å². The molecule has 168 valence electrons. The standard InChI is InChI=1S/C24H27FN4O3/c25-20-2-1-3-21-19(20)4-5-24(30)29(21)11-10-28-8-6-17(7-9-28)26-15-18-14-22-23(16-27-18)32-13-12-31-22/h1-5,14,16-17,26H,6-13,15H2. The Hall–Kier alpha value is -2.97. The van der Waals surface area contributed by atoms with Crippen LogP contribution >= 0.6 is 0 Å². The van der Waals surface area contributed by atoms with Gasteiger partial charge in [0, 0.05) is 43.2 Å². The smallest absolute Gasteiger partial charge is 0.251 e. The quantitative estimate of drug-likeness (QED) is 0.638. The number of piperidine rings is 1. The molecule has 2 aliphatic heterocycles. The first kappa shape index (κ1) is 20.9. The number of halogens is 1. The summed E-state index contributed by atoms with van der Waals surface area (Å²) in [7, 11) is 0. The van der Waals surface area contributed by atoms with E-state index in [1.165, 1.54) is 12.1 Å². The van der Waals surface area contributed by atoms with E-state index in [1.54, 1.807) is 22.9 Å². The van der Waals surface area contributed by atoms with Gasteiger partial charge in [0.05, 0.1) is 17.4 Å². The molecule has 8 heteroatoms. The van der Waals surface area contributed by atoms with Gasteiger partial charge in [0.25, 0.3) is 5.56 Å². The lowest BCUT2D eigenvalue weighted by atomic mass is 10.0. The van der Waals surface area contributed by atoms with Gasteiger partial charge in [0.2, 0.25) is 0 Å². The third kappa shape index (κ3) is 4.47. The zero-order valence-electron chi connectivity index (χ0n) is 17.9. The van der Waals surface area contributed by atoms with Crippen LogP contribution in [0.2, 0.25) is 0 Å². The van der Waals surface area contributed by atoms with Gasteiger partial charge < -0.3 is 24.3 Å². The highest BCUT2D eigenvalue weighted by Gasteiger charge is 2.20. The highest BCUT2D eigenvalue weighted by molar-refractivity contribution is 5.79. The molecule has 5 rings (SSSR count). The SMILES string of the molecule is O=c1ccc2c(F)cccc2n1CCN1CCC(NCc2cc3c(cn2)OCCO3)CC1. The minimum atomic E-state index is -0.296. The number of hydrogen-bond donors (Lipinski definition) is 1. The van der Waals surface area contributed by atoms with Gasteiger partial charge in [0.1, 0.15) is 19.0 Å². The first-order chi connectivity index (χ1) is 15.7. The van der Waals surface area contributed by atoms with Crippen molar-refractivity contribution in [3.8, 4) is 11.5 Å². The maximum Gasteiger partial charge on any atom is 0.251 e. The number of rotatable bonds is 6. The Bertz CT molecular complexity index is 1160. The van der Waals surface area contributed by atoms with E-state index in [0.29, 0.717) is 49.0 Å². The largest absolute Gasteiger partial charge is 0.486 e. The molecule has 0 spiro atoms. The lowest BCUT2D eigenvalue weighted by Crippen LogP contribution is -2.43. The summed E-state index contributed by atoms with van der Waals surface area (Å²) < 4.78 is 26.9. The summed E-state index contributed by atoms with van der Waals surface area (Å²) in [6.07, 6.45) is 3.79. The summed E-state index contributed by atoms with van der Waals surface area (Å²) in [6, 6.07) is 10.3. The van der Waals surface area contributed by atoms with Crippen LogP contribution in [0.5, 0.6) is 11.5 Å². The number of hydrogen-bond acceptors (Lipinski definition) is 6. The molecule has 2 aliphatic rings. The molecule has 2 aromatic heterocycles. The zero-order chi connectivity index (χ0) is 21.9. The molecule has 0 atom stereocenters. The lowest BCUT2D eigenvalue weighted by Gasteiger charge is -2.32. The fourth-order valence-corrected chi connectivity index (χ4v) is 4.46. The van der Waals surface area contributed by atoms with E-state index in [1.807, 2.05) is 12.1 Å². The van der Waals surface area contributed by atoms with E-state index in [4.69, 9.17) is 9.47 Å². The lowest BCUT2D eigenvalue weighted by molar-refractivity contribution is 0.170. The fourth-order valence-electron chi connectivity index (χ4n) is 4.46. The molecular formula is C24H27FN4O3. The molecule has 1 aromatic carbocycles. The van der Waals surface area contributed by atoms with Crippen LogP contribution in [0.15, 0.2) is 47.4 Å². The van der Waals surface area contributed by atoms with E-state index in [2.05, 4.69) is 15.2 Å². The highest BCUT2D eigenvalue weighted by Crippen LogP contribution is 2.29. The van der Waals surface area contributed by atoms with Crippen LogP contribution in [0.4, 0.5) is 4.39 Å². The summed E-state index contributed by atoms with van der Waals surface area (Å²) >= 11 is 0. The minimum Gasteiger partial charge on any atom is -0.486 e. The van der Waals surface area contributed by atoms with Crippen molar-refractivity contribution in [2.45, 2.75) is 32.0 Å². The van der Waals surface area contributed by atoms with Crippen molar-refractivity contribution in [1.82, 2.24) is 19.8 Å². The van der Waals surface area contributed by atoms with Gasteiger partial charge in [-0.25, -0.2) is 4.39 Å². The Morgan fingerprint density at radius 1 is 1.06 bits per heavy atom. The molecule has 0 bridgehead atoms. The van der Waals surface area contributed by atoms with E-state index in [-0.39, 0.29) is 11.4 Å². The average molecular weight is 439 g/mol. The molecule has 1 N–H and O–H groups in total. The van der Waals surface area contributed by atoms with E-state index >= 15 is 0 Å². The van der Waals surface area contributed by atoms with E-state index < -0.39 is 0 Å². The van der Waals surface area contributed by atoms with Crippen LogP contribution in [-0.2, 0) is 13.1 Å². The molecular weight excluding hydrogens is 411 g/mol. The predicted octanol–water partition coefficient (Wildman–Crippen LogP) is 2.56. The molecule has 0 unspecified atom stereocenters. The molecule has 7 nitrogen and oxygen atoms in total. The van der Waals surface area contributed by atoms with E-state index in [9.17, 15) is 9.18 Å². The van der Waals surface area contributed by atoms with Gasteiger partial charge in [-0.05, 0) is 44.1 Å². The number of benzene rings is 1. The molecule has 1 saturated heterocycles. The van der Waals surface area contributed by atoms with Crippen molar-refractivity contribution in [2.75, 3.05) is 32.8 Å². The first-order valence-corrected chi connectivity index (χ1v) is 11.2. The van der Waals surface area contributed by atoms with E-state index in [0.717, 1.165) is 43.9 Å². The monoisotopic (exact) mass is 438 g/mol. The topological polar surface area (TPSA) is 68.6 Å². The second-order valence-electron chi connectivity index (χ2n) is 8.31. The Morgan fingerprint density at radius 2 is 1.88 bits per heavy atom. The summed E-state index contributed by atoms with van der Waals surface area (Å²) in [5, 5.41) is 4.08. The number of nitrogens with one attached hydrogen (secondary N) is 1. The van der Waals surface area contributed by atoms with Gasteiger partial charge in [-0.2, -0.15) is 0 Å². The van der Waals surface area contributed by atoms with Crippen LogP contribution in [0.25, 0.3) is 10.9 Å². The average Bonchev–Trinajstić information content (AvgIpc) is 2.83. The maximum atomic E-state index is 14.1.